The summed E-state index contributed by atoms with van der Waals surface area (Å²) in [6.07, 6.45) is 3.64. The predicted octanol–water partition coefficient (Wildman–Crippen LogP) is 4.75. The van der Waals surface area contributed by atoms with Crippen molar-refractivity contribution in [2.75, 3.05) is 31.8 Å². The lowest BCUT2D eigenvalue weighted by atomic mass is 9.85. The number of hydrogen-bond donors (Lipinski definition) is 2. The first-order valence-electron chi connectivity index (χ1n) is 10.9. The third-order valence-corrected chi connectivity index (χ3v) is 6.20. The normalized spacial score (nSPS) is 18.5. The van der Waals surface area contributed by atoms with Crippen LogP contribution in [-0.4, -0.2) is 44.0 Å². The molecule has 1 aliphatic carbocycles. The van der Waals surface area contributed by atoms with Crippen molar-refractivity contribution in [3.05, 3.63) is 54.3 Å². The van der Waals surface area contributed by atoms with Crippen LogP contribution in [0.25, 0.3) is 11.0 Å². The summed E-state index contributed by atoms with van der Waals surface area (Å²) in [5.74, 6) is 0.239. The molecule has 7 nitrogen and oxygen atoms in total. The smallest absolute Gasteiger partial charge is 0.293 e. The molecule has 0 aliphatic heterocycles. The molecule has 0 bridgehead atoms. The van der Waals surface area contributed by atoms with Gasteiger partial charge in [-0.1, -0.05) is 12.1 Å². The van der Waals surface area contributed by atoms with E-state index in [4.69, 9.17) is 9.15 Å². The number of benzene rings is 2. The Morgan fingerprint density at radius 1 is 0.969 bits per heavy atom. The van der Waals surface area contributed by atoms with Gasteiger partial charge >= 0.3 is 0 Å². The Morgan fingerprint density at radius 3 is 2.31 bits per heavy atom. The van der Waals surface area contributed by atoms with Gasteiger partial charge in [-0.15, -0.1) is 0 Å². The molecule has 1 fully saturated rings. The van der Waals surface area contributed by atoms with Gasteiger partial charge in [0, 0.05) is 23.0 Å². The van der Waals surface area contributed by atoms with Gasteiger partial charge in [0.05, 0.1) is 7.11 Å². The van der Waals surface area contributed by atoms with E-state index in [1.54, 1.807) is 37.4 Å². The standard InChI is InChI=1S/C25H29N3O4/c1-28(2)18-12-8-16(9-13-18)24(29)27-22-20-6-4-5-7-21(20)32-23(22)25(30)26-17-10-14-19(31-3)15-11-17/h4-7,10-11,14-16,18H,8-9,12-13H2,1-3H3,(H,26,30)(H,27,29). The van der Waals surface area contributed by atoms with Crippen LogP contribution < -0.4 is 15.4 Å². The lowest BCUT2D eigenvalue weighted by Crippen LogP contribution is -2.35. The zero-order chi connectivity index (χ0) is 22.7. The van der Waals surface area contributed by atoms with E-state index in [2.05, 4.69) is 29.6 Å². The van der Waals surface area contributed by atoms with Crippen molar-refractivity contribution in [3.8, 4) is 5.75 Å². The van der Waals surface area contributed by atoms with Crippen molar-refractivity contribution in [1.82, 2.24) is 4.90 Å². The Bertz CT molecular complexity index is 1100. The fraction of sp³-hybridized carbons (Fsp3) is 0.360. The second-order valence-electron chi connectivity index (χ2n) is 8.44. The number of nitrogens with zero attached hydrogens (tertiary/aromatic N) is 1. The molecule has 1 aromatic heterocycles. The van der Waals surface area contributed by atoms with Gasteiger partial charge in [-0.2, -0.15) is 0 Å². The highest BCUT2D eigenvalue weighted by Crippen LogP contribution is 2.34. The minimum atomic E-state index is -0.419. The highest BCUT2D eigenvalue weighted by molar-refractivity contribution is 6.14. The maximum Gasteiger partial charge on any atom is 0.293 e. The van der Waals surface area contributed by atoms with Gasteiger partial charge in [0.15, 0.2) is 0 Å². The fourth-order valence-corrected chi connectivity index (χ4v) is 4.27. The van der Waals surface area contributed by atoms with Crippen LogP contribution in [0.15, 0.2) is 52.9 Å². The summed E-state index contributed by atoms with van der Waals surface area (Å²) < 4.78 is 11.0. The molecule has 1 aliphatic rings. The highest BCUT2D eigenvalue weighted by atomic mass is 16.5. The largest absolute Gasteiger partial charge is 0.497 e. The van der Waals surface area contributed by atoms with Crippen LogP contribution in [0.3, 0.4) is 0 Å². The average molecular weight is 436 g/mol. The Kier molecular flexibility index (Phi) is 6.46. The SMILES string of the molecule is COc1ccc(NC(=O)c2oc3ccccc3c2NC(=O)C2CCC(N(C)C)CC2)cc1. The first kappa shape index (κ1) is 21.9. The maximum absolute atomic E-state index is 13.1. The molecule has 0 spiro atoms. The molecule has 0 radical (unpaired) electrons. The molecule has 0 saturated heterocycles. The van der Waals surface area contributed by atoms with Gasteiger partial charge in [0.25, 0.3) is 5.91 Å². The van der Waals surface area contributed by atoms with Gasteiger partial charge in [-0.3, -0.25) is 9.59 Å². The lowest BCUT2D eigenvalue weighted by molar-refractivity contribution is -0.121. The topological polar surface area (TPSA) is 83.8 Å². The van der Waals surface area contributed by atoms with E-state index in [1.165, 1.54) is 0 Å². The fourth-order valence-electron chi connectivity index (χ4n) is 4.27. The third-order valence-electron chi connectivity index (χ3n) is 6.20. The molecule has 0 atom stereocenters. The Balaban J connectivity index is 1.55. The lowest BCUT2D eigenvalue weighted by Gasteiger charge is -2.31. The summed E-state index contributed by atoms with van der Waals surface area (Å²) in [6, 6.07) is 14.9. The number of para-hydroxylation sites is 1. The van der Waals surface area contributed by atoms with Crippen LogP contribution in [0.4, 0.5) is 11.4 Å². The number of carbonyl (C=O) groups excluding carboxylic acids is 2. The van der Waals surface area contributed by atoms with Crippen LogP contribution in [0, 0.1) is 5.92 Å². The number of amides is 2. The second-order valence-corrected chi connectivity index (χ2v) is 8.44. The molecule has 2 N–H and O–H groups in total. The summed E-state index contributed by atoms with van der Waals surface area (Å²) in [6.45, 7) is 0. The van der Waals surface area contributed by atoms with Gasteiger partial charge in [0.1, 0.15) is 17.0 Å². The van der Waals surface area contributed by atoms with Gasteiger partial charge in [-0.05, 0) is 76.2 Å². The third kappa shape index (κ3) is 4.62. The van der Waals surface area contributed by atoms with Crippen LogP contribution >= 0.6 is 0 Å². The van der Waals surface area contributed by atoms with Crippen molar-refractivity contribution in [2.24, 2.45) is 5.92 Å². The minimum absolute atomic E-state index is 0.0627. The summed E-state index contributed by atoms with van der Waals surface area (Å²) in [7, 11) is 5.75. The summed E-state index contributed by atoms with van der Waals surface area (Å²) in [4.78, 5) is 28.3. The van der Waals surface area contributed by atoms with Gasteiger partial charge in [0.2, 0.25) is 11.7 Å². The number of nitrogens with one attached hydrogen (secondary N) is 2. The van der Waals surface area contributed by atoms with Crippen molar-refractivity contribution in [2.45, 2.75) is 31.7 Å². The van der Waals surface area contributed by atoms with E-state index in [0.717, 1.165) is 25.7 Å². The predicted molar refractivity (Wildman–Crippen MR) is 125 cm³/mol. The molecule has 7 heteroatoms. The van der Waals surface area contributed by atoms with Crippen LogP contribution in [0.5, 0.6) is 5.75 Å². The number of anilines is 2. The quantitative estimate of drug-likeness (QED) is 0.584. The van der Waals surface area contributed by atoms with E-state index in [1.807, 2.05) is 18.2 Å². The molecule has 32 heavy (non-hydrogen) atoms. The first-order valence-corrected chi connectivity index (χ1v) is 10.9. The number of carbonyl (C=O) groups is 2. The number of methoxy groups -OCH3 is 1. The maximum atomic E-state index is 13.1. The average Bonchev–Trinajstić information content (AvgIpc) is 3.18. The zero-order valence-corrected chi connectivity index (χ0v) is 18.7. The number of rotatable bonds is 6. The number of furan rings is 1. The summed E-state index contributed by atoms with van der Waals surface area (Å²) in [5, 5.41) is 6.55. The van der Waals surface area contributed by atoms with E-state index in [0.29, 0.717) is 34.1 Å². The minimum Gasteiger partial charge on any atom is -0.497 e. The molecule has 1 heterocycles. The van der Waals surface area contributed by atoms with Gasteiger partial charge < -0.3 is 24.7 Å². The summed E-state index contributed by atoms with van der Waals surface area (Å²) >= 11 is 0. The van der Waals surface area contributed by atoms with Crippen molar-refractivity contribution in [1.29, 1.82) is 0 Å². The molecule has 3 aromatic rings. The van der Waals surface area contributed by atoms with E-state index >= 15 is 0 Å². The molecule has 0 unspecified atom stereocenters. The molecule has 168 valence electrons. The number of ether oxygens (including phenoxy) is 1. The van der Waals surface area contributed by atoms with Gasteiger partial charge in [-0.25, -0.2) is 0 Å². The Hall–Kier alpha value is -3.32. The Labute approximate surface area is 187 Å². The molecular weight excluding hydrogens is 406 g/mol. The van der Waals surface area contributed by atoms with E-state index in [-0.39, 0.29) is 17.6 Å². The van der Waals surface area contributed by atoms with E-state index < -0.39 is 5.91 Å². The van der Waals surface area contributed by atoms with Crippen LogP contribution in [-0.2, 0) is 4.79 Å². The molecule has 2 amide bonds. The van der Waals surface area contributed by atoms with Crippen molar-refractivity contribution >= 4 is 34.2 Å². The zero-order valence-electron chi connectivity index (χ0n) is 18.7. The molecule has 4 rings (SSSR count). The summed E-state index contributed by atoms with van der Waals surface area (Å²) in [5.41, 5.74) is 1.58. The molecule has 2 aromatic carbocycles. The molecular formula is C25H29N3O4. The van der Waals surface area contributed by atoms with Crippen LogP contribution in [0.1, 0.15) is 36.2 Å². The van der Waals surface area contributed by atoms with Crippen molar-refractivity contribution in [3.63, 3.8) is 0 Å². The number of fused-ring (bicyclic) bond motifs is 1. The van der Waals surface area contributed by atoms with Crippen molar-refractivity contribution < 1.29 is 18.7 Å². The Morgan fingerprint density at radius 2 is 1.66 bits per heavy atom. The van der Waals surface area contributed by atoms with E-state index in [9.17, 15) is 9.59 Å². The number of hydrogen-bond acceptors (Lipinski definition) is 5. The highest BCUT2D eigenvalue weighted by Gasteiger charge is 2.29. The molecule has 1 saturated carbocycles. The monoisotopic (exact) mass is 435 g/mol. The second kappa shape index (κ2) is 9.44. The van der Waals surface area contributed by atoms with Crippen LogP contribution in [0.2, 0.25) is 0 Å². The first-order chi connectivity index (χ1) is 15.5.